The van der Waals surface area contributed by atoms with E-state index in [9.17, 15) is 0 Å². The highest BCUT2D eigenvalue weighted by Crippen LogP contribution is 2.45. The summed E-state index contributed by atoms with van der Waals surface area (Å²) in [6, 6.07) is 15.5. The van der Waals surface area contributed by atoms with Crippen LogP contribution in [0.4, 0.5) is 0 Å². The largest absolute Gasteiger partial charge is 0.485 e. The van der Waals surface area contributed by atoms with Crippen molar-refractivity contribution in [1.29, 1.82) is 0 Å². The van der Waals surface area contributed by atoms with Gasteiger partial charge in [0.15, 0.2) is 0 Å². The minimum absolute atomic E-state index is 0.141. The van der Waals surface area contributed by atoms with Crippen molar-refractivity contribution in [3.8, 4) is 5.75 Å². The second-order valence-electron chi connectivity index (χ2n) is 8.85. The third-order valence-electron chi connectivity index (χ3n) is 6.77. The number of rotatable bonds is 8. The second kappa shape index (κ2) is 9.03. The van der Waals surface area contributed by atoms with Crippen LogP contribution >= 0.6 is 0 Å². The summed E-state index contributed by atoms with van der Waals surface area (Å²) < 4.78 is 6.92. The zero-order valence-corrected chi connectivity index (χ0v) is 18.0. The number of hydrogen-bond acceptors (Lipinski definition) is 1. The Labute approximate surface area is 176 Å². The molecule has 0 N–H and O–H groups in total. The molecular weight excluding hydrogens is 352 g/mol. The van der Waals surface area contributed by atoms with Crippen molar-refractivity contribution in [2.75, 3.05) is 0 Å². The lowest BCUT2D eigenvalue weighted by Crippen LogP contribution is -2.31. The zero-order valence-electron chi connectivity index (χ0n) is 18.0. The van der Waals surface area contributed by atoms with E-state index in [1.54, 1.807) is 0 Å². The summed E-state index contributed by atoms with van der Waals surface area (Å²) in [6.45, 7) is 8.50. The smallest absolute Gasteiger partial charge is 0.127 e. The number of allylic oxidation sites excluding steroid dienone is 2. The summed E-state index contributed by atoms with van der Waals surface area (Å²) in [5.41, 5.74) is 6.99. The van der Waals surface area contributed by atoms with Crippen molar-refractivity contribution in [3.63, 3.8) is 0 Å². The second-order valence-corrected chi connectivity index (χ2v) is 8.85. The highest BCUT2D eigenvalue weighted by atomic mass is 16.5. The fourth-order valence-electron chi connectivity index (χ4n) is 5.40. The van der Waals surface area contributed by atoms with Gasteiger partial charge in [-0.05, 0) is 67.7 Å². The van der Waals surface area contributed by atoms with Crippen molar-refractivity contribution in [2.45, 2.75) is 64.9 Å². The quantitative estimate of drug-likeness (QED) is 0.422. The van der Waals surface area contributed by atoms with E-state index in [0.717, 1.165) is 18.6 Å². The van der Waals surface area contributed by atoms with E-state index in [2.05, 4.69) is 75.0 Å². The SMILES string of the molecule is C=CCCC(CCC)[C@H]1CCc2ccccc2[C@@H]1Oc1cccc2c1C=C(C)C2. The molecule has 2 aliphatic carbocycles. The number of benzene rings is 2. The third-order valence-corrected chi connectivity index (χ3v) is 6.77. The first-order valence-corrected chi connectivity index (χ1v) is 11.4. The summed E-state index contributed by atoms with van der Waals surface area (Å²) in [5.74, 6) is 2.31. The van der Waals surface area contributed by atoms with Crippen LogP contribution in [0, 0.1) is 11.8 Å². The van der Waals surface area contributed by atoms with E-state index in [0.29, 0.717) is 11.8 Å². The molecule has 29 heavy (non-hydrogen) atoms. The van der Waals surface area contributed by atoms with Crippen LogP contribution in [0.5, 0.6) is 5.75 Å². The van der Waals surface area contributed by atoms with Gasteiger partial charge in [0.1, 0.15) is 11.9 Å². The fourth-order valence-corrected chi connectivity index (χ4v) is 5.40. The molecule has 1 nitrogen and oxygen atoms in total. The molecule has 2 aliphatic rings. The first kappa shape index (κ1) is 20.0. The maximum absolute atomic E-state index is 6.92. The summed E-state index contributed by atoms with van der Waals surface area (Å²) in [6.07, 6.45) is 12.8. The molecule has 2 aromatic rings. The van der Waals surface area contributed by atoms with E-state index in [-0.39, 0.29) is 6.10 Å². The third kappa shape index (κ3) is 4.20. The van der Waals surface area contributed by atoms with Gasteiger partial charge in [0.25, 0.3) is 0 Å². The van der Waals surface area contributed by atoms with E-state index < -0.39 is 0 Å². The minimum Gasteiger partial charge on any atom is -0.485 e. The van der Waals surface area contributed by atoms with Crippen LogP contribution in [0.2, 0.25) is 0 Å². The monoisotopic (exact) mass is 386 g/mol. The average Bonchev–Trinajstić information content (AvgIpc) is 3.13. The van der Waals surface area contributed by atoms with Crippen molar-refractivity contribution < 1.29 is 4.74 Å². The van der Waals surface area contributed by atoms with Crippen LogP contribution in [0.25, 0.3) is 6.08 Å². The molecule has 1 unspecified atom stereocenters. The molecule has 0 heterocycles. The molecule has 152 valence electrons. The van der Waals surface area contributed by atoms with Gasteiger partial charge in [0.2, 0.25) is 0 Å². The van der Waals surface area contributed by atoms with Crippen LogP contribution in [0.15, 0.2) is 60.7 Å². The molecule has 0 amide bonds. The van der Waals surface area contributed by atoms with Crippen LogP contribution in [0.3, 0.4) is 0 Å². The summed E-state index contributed by atoms with van der Waals surface area (Å²) in [4.78, 5) is 0. The Kier molecular flexibility index (Phi) is 6.23. The fraction of sp³-hybridized carbons (Fsp3) is 0.429. The lowest BCUT2D eigenvalue weighted by atomic mass is 9.72. The van der Waals surface area contributed by atoms with Gasteiger partial charge in [0, 0.05) is 11.5 Å². The van der Waals surface area contributed by atoms with Gasteiger partial charge in [0.05, 0.1) is 0 Å². The molecule has 0 aliphatic heterocycles. The minimum atomic E-state index is 0.141. The number of ether oxygens (including phenoxy) is 1. The van der Waals surface area contributed by atoms with Gasteiger partial charge in [-0.3, -0.25) is 0 Å². The Bertz CT molecular complexity index is 891. The average molecular weight is 387 g/mol. The molecule has 4 rings (SSSR count). The van der Waals surface area contributed by atoms with Crippen LogP contribution in [0.1, 0.15) is 74.3 Å². The lowest BCUT2D eigenvalue weighted by molar-refractivity contribution is 0.0714. The van der Waals surface area contributed by atoms with Gasteiger partial charge in [-0.2, -0.15) is 0 Å². The maximum atomic E-state index is 6.92. The van der Waals surface area contributed by atoms with Crippen LogP contribution in [-0.2, 0) is 12.8 Å². The molecule has 3 atom stereocenters. The van der Waals surface area contributed by atoms with E-state index in [4.69, 9.17) is 4.74 Å². The number of hydrogen-bond donors (Lipinski definition) is 0. The summed E-state index contributed by atoms with van der Waals surface area (Å²) in [7, 11) is 0. The first-order chi connectivity index (χ1) is 14.2. The van der Waals surface area contributed by atoms with Crippen LogP contribution in [-0.4, -0.2) is 0 Å². The maximum Gasteiger partial charge on any atom is 0.127 e. The predicted molar refractivity (Wildman–Crippen MR) is 123 cm³/mol. The molecule has 1 heteroatoms. The highest BCUT2D eigenvalue weighted by molar-refractivity contribution is 5.68. The van der Waals surface area contributed by atoms with Crippen molar-refractivity contribution in [2.24, 2.45) is 11.8 Å². The molecule has 0 saturated carbocycles. The Hall–Kier alpha value is -2.28. The van der Waals surface area contributed by atoms with Crippen molar-refractivity contribution in [3.05, 3.63) is 82.9 Å². The molecule has 0 bridgehead atoms. The summed E-state index contributed by atoms with van der Waals surface area (Å²) >= 11 is 0. The molecule has 2 aromatic carbocycles. The van der Waals surface area contributed by atoms with Gasteiger partial charge >= 0.3 is 0 Å². The topological polar surface area (TPSA) is 9.23 Å². The number of aryl methyl sites for hydroxylation is 1. The Morgan fingerprint density at radius 3 is 2.76 bits per heavy atom. The zero-order chi connectivity index (χ0) is 20.2. The molecular formula is C28H34O. The molecule has 0 radical (unpaired) electrons. The molecule has 0 spiro atoms. The Morgan fingerprint density at radius 2 is 1.93 bits per heavy atom. The lowest BCUT2D eigenvalue weighted by Gasteiger charge is -2.39. The predicted octanol–water partition coefficient (Wildman–Crippen LogP) is 7.71. The van der Waals surface area contributed by atoms with Crippen molar-refractivity contribution in [1.82, 2.24) is 0 Å². The Balaban J connectivity index is 1.70. The standard InChI is InChI=1S/C28H34O/c1-4-6-11-21(10-5-2)25-17-16-22-12-7-8-14-24(22)28(25)29-27-15-9-13-23-18-20(3)19-26(23)27/h4,7-9,12-15,19,21,25,28H,1,5-6,10-11,16-18H2,2-3H3/t21?,25-,28+/m1/s1. The normalized spacial score (nSPS) is 21.1. The van der Waals surface area contributed by atoms with Gasteiger partial charge in [-0.15, -0.1) is 6.58 Å². The van der Waals surface area contributed by atoms with E-state index in [1.165, 1.54) is 59.9 Å². The van der Waals surface area contributed by atoms with Gasteiger partial charge in [-0.25, -0.2) is 0 Å². The van der Waals surface area contributed by atoms with E-state index in [1.807, 2.05) is 0 Å². The highest BCUT2D eigenvalue weighted by Gasteiger charge is 2.36. The molecule has 0 aromatic heterocycles. The van der Waals surface area contributed by atoms with E-state index >= 15 is 0 Å². The summed E-state index contributed by atoms with van der Waals surface area (Å²) in [5, 5.41) is 0. The van der Waals surface area contributed by atoms with Crippen LogP contribution < -0.4 is 4.74 Å². The van der Waals surface area contributed by atoms with Crippen molar-refractivity contribution >= 4 is 6.08 Å². The van der Waals surface area contributed by atoms with Gasteiger partial charge < -0.3 is 4.74 Å². The molecule has 0 saturated heterocycles. The first-order valence-electron chi connectivity index (χ1n) is 11.4. The Morgan fingerprint density at radius 1 is 1.10 bits per heavy atom. The van der Waals surface area contributed by atoms with Gasteiger partial charge in [-0.1, -0.05) is 73.9 Å². The number of fused-ring (bicyclic) bond motifs is 2. The molecule has 0 fully saturated rings.